The molecule has 0 spiro atoms. The monoisotopic (exact) mass is 303 g/mol. The zero-order valence-electron chi connectivity index (χ0n) is 11.8. The number of amidine groups is 1. The van der Waals surface area contributed by atoms with Gasteiger partial charge in [-0.2, -0.15) is 13.2 Å². The van der Waals surface area contributed by atoms with Crippen LogP contribution in [0.4, 0.5) is 13.2 Å². The quantitative estimate of drug-likeness (QED) is 0.352. The summed E-state index contributed by atoms with van der Waals surface area (Å²) in [6.07, 6.45) is -3.68. The highest BCUT2D eigenvalue weighted by Crippen LogP contribution is 2.28. The molecule has 0 aliphatic heterocycles. The van der Waals surface area contributed by atoms with Crippen LogP contribution in [0, 0.1) is 0 Å². The van der Waals surface area contributed by atoms with Crippen LogP contribution in [-0.4, -0.2) is 35.2 Å². The molecule has 1 unspecified atom stereocenters. The first-order chi connectivity index (χ1) is 9.87. The van der Waals surface area contributed by atoms with Crippen molar-refractivity contribution in [1.29, 1.82) is 0 Å². The maximum Gasteiger partial charge on any atom is 0.401 e. The molecule has 3 N–H and O–H groups in total. The molecule has 1 atom stereocenters. The Morgan fingerprint density at radius 1 is 1.33 bits per heavy atom. The maximum absolute atomic E-state index is 12.8. The van der Waals surface area contributed by atoms with E-state index in [0.717, 1.165) is 0 Å². The molecule has 4 nitrogen and oxygen atoms in total. The number of hydrogen-bond donors (Lipinski definition) is 2. The number of rotatable bonds is 7. The molecular weight excluding hydrogens is 283 g/mol. The summed E-state index contributed by atoms with van der Waals surface area (Å²) in [5.74, 6) is -0.0906. The van der Waals surface area contributed by atoms with Gasteiger partial charge in [-0.3, -0.25) is 4.90 Å². The van der Waals surface area contributed by atoms with Crippen molar-refractivity contribution in [1.82, 2.24) is 4.90 Å². The van der Waals surface area contributed by atoms with E-state index in [2.05, 4.69) is 5.16 Å². The summed E-state index contributed by atoms with van der Waals surface area (Å²) in [5, 5.41) is 11.6. The predicted octanol–water partition coefficient (Wildman–Crippen LogP) is 3.14. The van der Waals surface area contributed by atoms with Crippen LogP contribution in [0.5, 0.6) is 0 Å². The average Bonchev–Trinajstić information content (AvgIpc) is 2.43. The molecule has 1 aromatic rings. The van der Waals surface area contributed by atoms with E-state index in [0.29, 0.717) is 12.0 Å². The van der Waals surface area contributed by atoms with E-state index in [1.54, 1.807) is 30.3 Å². The number of benzene rings is 1. The highest BCUT2D eigenvalue weighted by Gasteiger charge is 2.34. The second kappa shape index (κ2) is 7.87. The van der Waals surface area contributed by atoms with Gasteiger partial charge in [-0.05, 0) is 18.5 Å². The molecule has 0 aliphatic rings. The summed E-state index contributed by atoms with van der Waals surface area (Å²) in [7, 11) is 0. The Labute approximate surface area is 122 Å². The molecule has 1 aromatic carbocycles. The molecule has 0 aliphatic carbocycles. The van der Waals surface area contributed by atoms with Crippen molar-refractivity contribution in [2.24, 2.45) is 10.9 Å². The van der Waals surface area contributed by atoms with Crippen LogP contribution < -0.4 is 5.73 Å². The molecule has 7 heteroatoms. The lowest BCUT2D eigenvalue weighted by molar-refractivity contribution is -0.151. The van der Waals surface area contributed by atoms with E-state index in [9.17, 15) is 13.2 Å². The minimum absolute atomic E-state index is 0.0383. The van der Waals surface area contributed by atoms with Crippen molar-refractivity contribution >= 4 is 5.84 Å². The first-order valence-corrected chi connectivity index (χ1v) is 6.69. The Kier molecular flexibility index (Phi) is 6.48. The Morgan fingerprint density at radius 3 is 2.43 bits per heavy atom. The lowest BCUT2D eigenvalue weighted by Crippen LogP contribution is -2.39. The molecule has 0 amide bonds. The van der Waals surface area contributed by atoms with Gasteiger partial charge < -0.3 is 10.9 Å². The molecular formula is C14H20F3N3O. The van der Waals surface area contributed by atoms with E-state index < -0.39 is 18.8 Å². The van der Waals surface area contributed by atoms with E-state index >= 15 is 0 Å². The molecule has 1 rings (SSSR count). The molecule has 0 aromatic heterocycles. The summed E-state index contributed by atoms with van der Waals surface area (Å²) >= 11 is 0. The van der Waals surface area contributed by atoms with Gasteiger partial charge in [-0.1, -0.05) is 42.4 Å². The number of nitrogens with two attached hydrogens (primary N) is 1. The Hall–Kier alpha value is -1.76. The van der Waals surface area contributed by atoms with E-state index in [-0.39, 0.29) is 18.8 Å². The predicted molar refractivity (Wildman–Crippen MR) is 75.1 cm³/mol. The maximum atomic E-state index is 12.8. The van der Waals surface area contributed by atoms with Crippen LogP contribution >= 0.6 is 0 Å². The summed E-state index contributed by atoms with van der Waals surface area (Å²) in [5.41, 5.74) is 6.21. The molecule has 0 bridgehead atoms. The number of halogens is 3. The standard InChI is InChI=1S/C14H20F3N3O/c1-2-8-20(10-14(15,16)17)12(9-13(18)19-21)11-6-4-3-5-7-11/h3-7,12,21H,2,8-10H2,1H3,(H2,18,19). The van der Waals surface area contributed by atoms with Gasteiger partial charge in [-0.25, -0.2) is 0 Å². The zero-order chi connectivity index (χ0) is 15.9. The van der Waals surface area contributed by atoms with Crippen molar-refractivity contribution in [2.75, 3.05) is 13.1 Å². The Morgan fingerprint density at radius 2 is 1.95 bits per heavy atom. The van der Waals surface area contributed by atoms with Gasteiger partial charge in [0.15, 0.2) is 0 Å². The first kappa shape index (κ1) is 17.3. The third kappa shape index (κ3) is 6.03. The molecule has 0 radical (unpaired) electrons. The SMILES string of the molecule is CCCN(CC(F)(F)F)C(CC(N)=NO)c1ccccc1. The van der Waals surface area contributed by atoms with Gasteiger partial charge in [0.2, 0.25) is 0 Å². The van der Waals surface area contributed by atoms with Gasteiger partial charge >= 0.3 is 6.18 Å². The number of alkyl halides is 3. The number of nitrogens with zero attached hydrogens (tertiary/aromatic N) is 2. The second-order valence-electron chi connectivity index (χ2n) is 4.81. The lowest BCUT2D eigenvalue weighted by Gasteiger charge is -2.32. The van der Waals surface area contributed by atoms with Gasteiger partial charge in [-0.15, -0.1) is 0 Å². The van der Waals surface area contributed by atoms with Crippen LogP contribution in [0.2, 0.25) is 0 Å². The Bertz CT molecular complexity index is 449. The molecule has 0 saturated carbocycles. The fourth-order valence-corrected chi connectivity index (χ4v) is 2.23. The van der Waals surface area contributed by atoms with Gasteiger partial charge in [0, 0.05) is 12.5 Å². The van der Waals surface area contributed by atoms with Crippen molar-refractivity contribution < 1.29 is 18.4 Å². The molecule has 0 heterocycles. The molecule has 21 heavy (non-hydrogen) atoms. The van der Waals surface area contributed by atoms with Crippen molar-refractivity contribution in [3.05, 3.63) is 35.9 Å². The minimum Gasteiger partial charge on any atom is -0.409 e. The topological polar surface area (TPSA) is 61.8 Å². The van der Waals surface area contributed by atoms with E-state index in [4.69, 9.17) is 10.9 Å². The summed E-state index contributed by atoms with van der Waals surface area (Å²) in [6.45, 7) is 1.06. The zero-order valence-corrected chi connectivity index (χ0v) is 11.8. The van der Waals surface area contributed by atoms with Crippen LogP contribution in [0.3, 0.4) is 0 Å². The first-order valence-electron chi connectivity index (χ1n) is 6.69. The third-order valence-electron chi connectivity index (χ3n) is 3.05. The second-order valence-corrected chi connectivity index (χ2v) is 4.81. The average molecular weight is 303 g/mol. The molecule has 0 saturated heterocycles. The summed E-state index contributed by atoms with van der Waals surface area (Å²) in [4.78, 5) is 1.31. The molecule has 0 fully saturated rings. The summed E-state index contributed by atoms with van der Waals surface area (Å²) < 4.78 is 38.3. The third-order valence-corrected chi connectivity index (χ3v) is 3.05. The largest absolute Gasteiger partial charge is 0.409 e. The van der Waals surface area contributed by atoms with Crippen LogP contribution in [0.1, 0.15) is 31.4 Å². The van der Waals surface area contributed by atoms with Gasteiger partial charge in [0.1, 0.15) is 5.84 Å². The number of oxime groups is 1. The minimum atomic E-state index is -4.30. The Balaban J connectivity index is 3.06. The smallest absolute Gasteiger partial charge is 0.401 e. The van der Waals surface area contributed by atoms with Crippen LogP contribution in [0.25, 0.3) is 0 Å². The van der Waals surface area contributed by atoms with E-state index in [1.165, 1.54) is 4.90 Å². The van der Waals surface area contributed by atoms with Gasteiger partial charge in [0.05, 0.1) is 6.54 Å². The fourth-order valence-electron chi connectivity index (χ4n) is 2.23. The van der Waals surface area contributed by atoms with Crippen LogP contribution in [0.15, 0.2) is 35.5 Å². The molecule has 118 valence electrons. The van der Waals surface area contributed by atoms with Crippen molar-refractivity contribution in [3.8, 4) is 0 Å². The van der Waals surface area contributed by atoms with Crippen LogP contribution in [-0.2, 0) is 0 Å². The number of hydrogen-bond acceptors (Lipinski definition) is 3. The van der Waals surface area contributed by atoms with Gasteiger partial charge in [0.25, 0.3) is 0 Å². The lowest BCUT2D eigenvalue weighted by atomic mass is 10.0. The highest BCUT2D eigenvalue weighted by atomic mass is 19.4. The highest BCUT2D eigenvalue weighted by molar-refractivity contribution is 5.80. The normalized spacial score (nSPS) is 14.4. The summed E-state index contributed by atoms with van der Waals surface area (Å²) in [6, 6.07) is 8.21. The fraction of sp³-hybridized carbons (Fsp3) is 0.500. The van der Waals surface area contributed by atoms with Crippen molar-refractivity contribution in [2.45, 2.75) is 32.0 Å². The van der Waals surface area contributed by atoms with Crippen molar-refractivity contribution in [3.63, 3.8) is 0 Å². The van der Waals surface area contributed by atoms with E-state index in [1.807, 2.05) is 6.92 Å².